The predicted octanol–water partition coefficient (Wildman–Crippen LogP) is 2.06. The minimum atomic E-state index is 0.769. The second-order valence-corrected chi connectivity index (χ2v) is 3.50. The maximum absolute atomic E-state index is 4.32. The van der Waals surface area contributed by atoms with E-state index in [1.807, 2.05) is 25.3 Å². The van der Waals surface area contributed by atoms with E-state index < -0.39 is 0 Å². The summed E-state index contributed by atoms with van der Waals surface area (Å²) >= 11 is 1.53. The summed E-state index contributed by atoms with van der Waals surface area (Å²) in [6.45, 7) is 1.96. The van der Waals surface area contributed by atoms with Gasteiger partial charge in [-0.15, -0.1) is 0 Å². The zero-order valence-electron chi connectivity index (χ0n) is 7.48. The zero-order chi connectivity index (χ0) is 9.26. The lowest BCUT2D eigenvalue weighted by atomic mass is 10.3. The Kier molecular flexibility index (Phi) is 2.14. The lowest BCUT2D eigenvalue weighted by molar-refractivity contribution is 0.987. The van der Waals surface area contributed by atoms with E-state index in [4.69, 9.17) is 0 Å². The predicted molar refractivity (Wildman–Crippen MR) is 53.9 cm³/mol. The van der Waals surface area contributed by atoms with E-state index in [0.717, 1.165) is 21.9 Å². The van der Waals surface area contributed by atoms with Gasteiger partial charge in [-0.1, -0.05) is 11.8 Å². The van der Waals surface area contributed by atoms with Gasteiger partial charge in [-0.05, 0) is 25.3 Å². The van der Waals surface area contributed by atoms with E-state index in [9.17, 15) is 0 Å². The van der Waals surface area contributed by atoms with Crippen molar-refractivity contribution >= 4 is 22.8 Å². The molecule has 0 fully saturated rings. The van der Waals surface area contributed by atoms with Crippen LogP contribution in [0.3, 0.4) is 0 Å². The van der Waals surface area contributed by atoms with Crippen molar-refractivity contribution in [2.45, 2.75) is 12.1 Å². The molecule has 0 aliphatic heterocycles. The molecule has 0 radical (unpaired) electrons. The van der Waals surface area contributed by atoms with Crippen LogP contribution in [0.25, 0.3) is 11.0 Å². The Labute approximate surface area is 80.6 Å². The molecule has 0 aliphatic rings. The highest BCUT2D eigenvalue weighted by Crippen LogP contribution is 2.13. The summed E-state index contributed by atoms with van der Waals surface area (Å²) in [7, 11) is 0. The van der Waals surface area contributed by atoms with Crippen LogP contribution in [0.5, 0.6) is 0 Å². The largest absolute Gasteiger partial charge is 0.233 e. The third-order valence-electron chi connectivity index (χ3n) is 1.74. The fourth-order valence-electron chi connectivity index (χ4n) is 1.09. The molecular formula is C9H9N3S. The van der Waals surface area contributed by atoms with Crippen molar-refractivity contribution < 1.29 is 0 Å². The van der Waals surface area contributed by atoms with Crippen molar-refractivity contribution in [1.29, 1.82) is 0 Å². The van der Waals surface area contributed by atoms with Crippen molar-refractivity contribution in [2.75, 3.05) is 6.26 Å². The first-order valence-electron chi connectivity index (χ1n) is 3.94. The number of aryl methyl sites for hydroxylation is 1. The molecule has 0 aliphatic carbocycles. The topological polar surface area (TPSA) is 38.7 Å². The highest BCUT2D eigenvalue weighted by Gasteiger charge is 1.99. The number of hydrogen-bond donors (Lipinski definition) is 0. The van der Waals surface area contributed by atoms with Gasteiger partial charge in [0.15, 0.2) is 10.8 Å². The molecule has 0 saturated heterocycles. The van der Waals surface area contributed by atoms with Gasteiger partial charge >= 0.3 is 0 Å². The van der Waals surface area contributed by atoms with Crippen LogP contribution < -0.4 is 0 Å². The molecule has 2 aromatic heterocycles. The summed E-state index contributed by atoms with van der Waals surface area (Å²) < 4.78 is 0. The smallest absolute Gasteiger partial charge is 0.189 e. The molecule has 2 aromatic rings. The van der Waals surface area contributed by atoms with Gasteiger partial charge in [0, 0.05) is 17.3 Å². The minimum absolute atomic E-state index is 0.769. The van der Waals surface area contributed by atoms with Crippen molar-refractivity contribution in [3.63, 3.8) is 0 Å². The number of rotatable bonds is 1. The normalized spacial score (nSPS) is 10.6. The molecule has 66 valence electrons. The fraction of sp³-hybridized carbons (Fsp3) is 0.222. The van der Waals surface area contributed by atoms with Crippen LogP contribution in [-0.4, -0.2) is 21.2 Å². The fourth-order valence-corrected chi connectivity index (χ4v) is 1.42. The first-order valence-corrected chi connectivity index (χ1v) is 5.16. The molecule has 0 unspecified atom stereocenters. The van der Waals surface area contributed by atoms with Gasteiger partial charge in [-0.3, -0.25) is 0 Å². The summed E-state index contributed by atoms with van der Waals surface area (Å²) in [6.07, 6.45) is 3.76. The zero-order valence-corrected chi connectivity index (χ0v) is 8.30. The average Bonchev–Trinajstić information content (AvgIpc) is 2.16. The molecule has 0 aromatic carbocycles. The second-order valence-electron chi connectivity index (χ2n) is 2.72. The number of nitrogens with zero attached hydrogens (tertiary/aromatic N) is 3. The summed E-state index contributed by atoms with van der Waals surface area (Å²) in [5.74, 6) is 0. The van der Waals surface area contributed by atoms with Gasteiger partial charge in [-0.2, -0.15) is 0 Å². The molecule has 2 rings (SSSR count). The van der Waals surface area contributed by atoms with Crippen molar-refractivity contribution in [3.8, 4) is 0 Å². The Morgan fingerprint density at radius 1 is 1.23 bits per heavy atom. The summed E-state index contributed by atoms with van der Waals surface area (Å²) in [5, 5.41) is 1.76. The van der Waals surface area contributed by atoms with E-state index >= 15 is 0 Å². The maximum Gasteiger partial charge on any atom is 0.189 e. The summed E-state index contributed by atoms with van der Waals surface area (Å²) in [6, 6.07) is 3.95. The Morgan fingerprint density at radius 3 is 2.85 bits per heavy atom. The molecule has 2 heterocycles. The standard InChI is InChI=1S/C9H9N3S/c1-6-3-4-7-5-10-9(13-2)12-8(7)11-6/h3-5H,1-2H3. The van der Waals surface area contributed by atoms with Gasteiger partial charge in [0.1, 0.15) is 0 Å². The number of pyridine rings is 1. The molecule has 0 saturated carbocycles. The van der Waals surface area contributed by atoms with Gasteiger partial charge in [0.05, 0.1) is 0 Å². The van der Waals surface area contributed by atoms with Crippen molar-refractivity contribution in [1.82, 2.24) is 15.0 Å². The Bertz CT molecular complexity index is 442. The Hall–Kier alpha value is -1.16. The van der Waals surface area contributed by atoms with E-state index in [2.05, 4.69) is 15.0 Å². The molecule has 0 spiro atoms. The molecule has 3 nitrogen and oxygen atoms in total. The number of fused-ring (bicyclic) bond motifs is 1. The number of aromatic nitrogens is 3. The highest BCUT2D eigenvalue weighted by atomic mass is 32.2. The van der Waals surface area contributed by atoms with Crippen LogP contribution in [-0.2, 0) is 0 Å². The molecule has 0 amide bonds. The SMILES string of the molecule is CSc1ncc2ccc(C)nc2n1. The molecule has 0 N–H and O–H groups in total. The molecule has 13 heavy (non-hydrogen) atoms. The lowest BCUT2D eigenvalue weighted by Gasteiger charge is -1.98. The lowest BCUT2D eigenvalue weighted by Crippen LogP contribution is -1.90. The van der Waals surface area contributed by atoms with Gasteiger partial charge < -0.3 is 0 Å². The molecular weight excluding hydrogens is 182 g/mol. The van der Waals surface area contributed by atoms with E-state index in [1.54, 1.807) is 6.20 Å². The van der Waals surface area contributed by atoms with Gasteiger partial charge in [-0.25, -0.2) is 15.0 Å². The Balaban J connectivity index is 2.68. The van der Waals surface area contributed by atoms with E-state index in [1.165, 1.54) is 11.8 Å². The van der Waals surface area contributed by atoms with Crippen LogP contribution in [0, 0.1) is 6.92 Å². The first kappa shape index (κ1) is 8.44. The number of thioether (sulfide) groups is 1. The number of hydrogen-bond acceptors (Lipinski definition) is 4. The van der Waals surface area contributed by atoms with E-state index in [0.29, 0.717) is 0 Å². The maximum atomic E-state index is 4.32. The van der Waals surface area contributed by atoms with E-state index in [-0.39, 0.29) is 0 Å². The summed E-state index contributed by atoms with van der Waals surface area (Å²) in [5.41, 5.74) is 1.76. The highest BCUT2D eigenvalue weighted by molar-refractivity contribution is 7.98. The van der Waals surface area contributed by atoms with Crippen LogP contribution in [0.4, 0.5) is 0 Å². The molecule has 4 heteroatoms. The first-order chi connectivity index (χ1) is 6.29. The third kappa shape index (κ3) is 1.62. The quantitative estimate of drug-likeness (QED) is 0.511. The molecule has 0 bridgehead atoms. The second kappa shape index (κ2) is 3.30. The molecule has 0 atom stereocenters. The third-order valence-corrected chi connectivity index (χ3v) is 2.30. The van der Waals surface area contributed by atoms with Gasteiger partial charge in [0.2, 0.25) is 0 Å². The minimum Gasteiger partial charge on any atom is -0.233 e. The van der Waals surface area contributed by atoms with Gasteiger partial charge in [0.25, 0.3) is 0 Å². The average molecular weight is 191 g/mol. The van der Waals surface area contributed by atoms with Crippen LogP contribution in [0.15, 0.2) is 23.5 Å². The van der Waals surface area contributed by atoms with Crippen molar-refractivity contribution in [3.05, 3.63) is 24.0 Å². The summed E-state index contributed by atoms with van der Waals surface area (Å²) in [4.78, 5) is 12.8. The monoisotopic (exact) mass is 191 g/mol. The van der Waals surface area contributed by atoms with Crippen molar-refractivity contribution in [2.24, 2.45) is 0 Å². The Morgan fingerprint density at radius 2 is 2.08 bits per heavy atom. The van der Waals surface area contributed by atoms with Crippen LogP contribution >= 0.6 is 11.8 Å². The van der Waals surface area contributed by atoms with Crippen LogP contribution in [0.2, 0.25) is 0 Å². The van der Waals surface area contributed by atoms with Crippen LogP contribution in [0.1, 0.15) is 5.69 Å².